The first-order valence-electron chi connectivity index (χ1n) is 6.91. The normalized spacial score (nSPS) is 13.9. The fourth-order valence-corrected chi connectivity index (χ4v) is 2.43. The van der Waals surface area contributed by atoms with Gasteiger partial charge < -0.3 is 10.2 Å². The summed E-state index contributed by atoms with van der Waals surface area (Å²) >= 11 is 0. The highest BCUT2D eigenvalue weighted by atomic mass is 16.3. The van der Waals surface area contributed by atoms with Crippen LogP contribution in [0.25, 0.3) is 11.2 Å². The highest BCUT2D eigenvalue weighted by Crippen LogP contribution is 2.32. The van der Waals surface area contributed by atoms with Crippen LogP contribution >= 0.6 is 0 Å². The second-order valence-electron chi connectivity index (χ2n) is 6.11. The highest BCUT2D eigenvalue weighted by molar-refractivity contribution is 5.66. The van der Waals surface area contributed by atoms with Crippen LogP contribution in [0.1, 0.15) is 39.5 Å². The van der Waals surface area contributed by atoms with E-state index in [2.05, 4.69) is 30.7 Å². The molecule has 4 nitrogen and oxygen atoms in total. The van der Waals surface area contributed by atoms with Crippen LogP contribution in [-0.4, -0.2) is 16.5 Å². The third-order valence-corrected chi connectivity index (χ3v) is 3.66. The lowest BCUT2D eigenvalue weighted by Crippen LogP contribution is -2.24. The van der Waals surface area contributed by atoms with Crippen molar-refractivity contribution in [3.8, 4) is 0 Å². The minimum Gasteiger partial charge on any atom is -0.439 e. The number of aromatic nitrogens is 2. The quantitative estimate of drug-likeness (QED) is 0.897. The lowest BCUT2D eigenvalue weighted by Gasteiger charge is -2.30. The number of fused-ring (bicyclic) bond motifs is 1. The molecule has 0 aromatic carbocycles. The molecule has 2 N–H and O–H groups in total. The summed E-state index contributed by atoms with van der Waals surface area (Å²) in [6, 6.07) is 3.77. The summed E-state index contributed by atoms with van der Waals surface area (Å²) in [7, 11) is 0. The van der Waals surface area contributed by atoms with Crippen molar-refractivity contribution < 1.29 is 4.42 Å². The van der Waals surface area contributed by atoms with Gasteiger partial charge in [-0.2, -0.15) is 4.98 Å². The third kappa shape index (κ3) is 3.53. The minimum absolute atomic E-state index is 0.267. The first-order valence-corrected chi connectivity index (χ1v) is 6.91. The van der Waals surface area contributed by atoms with E-state index in [1.807, 2.05) is 12.1 Å². The van der Waals surface area contributed by atoms with Crippen molar-refractivity contribution in [2.24, 2.45) is 17.1 Å². The van der Waals surface area contributed by atoms with Crippen LogP contribution in [0, 0.1) is 11.3 Å². The van der Waals surface area contributed by atoms with E-state index in [1.54, 1.807) is 6.20 Å². The van der Waals surface area contributed by atoms with E-state index < -0.39 is 0 Å². The lowest BCUT2D eigenvalue weighted by molar-refractivity contribution is 0.211. The number of pyridine rings is 1. The van der Waals surface area contributed by atoms with Crippen LogP contribution in [0.5, 0.6) is 0 Å². The summed E-state index contributed by atoms with van der Waals surface area (Å²) in [6.45, 7) is 7.53. The largest absolute Gasteiger partial charge is 0.439 e. The Hall–Kier alpha value is -1.42. The van der Waals surface area contributed by atoms with Crippen LogP contribution in [0.4, 0.5) is 0 Å². The van der Waals surface area contributed by atoms with E-state index in [-0.39, 0.29) is 5.41 Å². The predicted octanol–water partition coefficient (Wildman–Crippen LogP) is 3.17. The molecule has 0 bridgehead atoms. The van der Waals surface area contributed by atoms with Crippen LogP contribution in [-0.2, 0) is 6.42 Å². The monoisotopic (exact) mass is 261 g/mol. The van der Waals surface area contributed by atoms with Crippen LogP contribution in [0.15, 0.2) is 22.7 Å². The smallest absolute Gasteiger partial charge is 0.198 e. The maximum absolute atomic E-state index is 5.71. The number of hydrogen-bond donors (Lipinski definition) is 1. The fourth-order valence-electron chi connectivity index (χ4n) is 2.43. The van der Waals surface area contributed by atoms with Gasteiger partial charge in [-0.3, -0.25) is 0 Å². The Labute approximate surface area is 114 Å². The molecule has 0 aliphatic carbocycles. The van der Waals surface area contributed by atoms with Gasteiger partial charge in [-0.05, 0) is 42.9 Å². The van der Waals surface area contributed by atoms with Gasteiger partial charge in [-0.15, -0.1) is 0 Å². The van der Waals surface area contributed by atoms with E-state index in [0.29, 0.717) is 11.6 Å². The van der Waals surface area contributed by atoms with Gasteiger partial charge in [0.15, 0.2) is 17.1 Å². The molecule has 0 aliphatic heterocycles. The predicted molar refractivity (Wildman–Crippen MR) is 76.7 cm³/mol. The van der Waals surface area contributed by atoms with Crippen LogP contribution in [0.2, 0.25) is 0 Å². The van der Waals surface area contributed by atoms with Gasteiger partial charge in [0.05, 0.1) is 0 Å². The van der Waals surface area contributed by atoms with E-state index in [1.165, 1.54) is 0 Å². The third-order valence-electron chi connectivity index (χ3n) is 3.66. The van der Waals surface area contributed by atoms with Crippen molar-refractivity contribution in [3.05, 3.63) is 24.2 Å². The van der Waals surface area contributed by atoms with Gasteiger partial charge in [-0.25, -0.2) is 4.98 Å². The minimum atomic E-state index is 0.267. The summed E-state index contributed by atoms with van der Waals surface area (Å²) < 4.78 is 5.70. The van der Waals surface area contributed by atoms with Gasteiger partial charge in [0.2, 0.25) is 0 Å². The van der Waals surface area contributed by atoms with Gasteiger partial charge >= 0.3 is 0 Å². The molecular weight excluding hydrogens is 238 g/mol. The van der Waals surface area contributed by atoms with Crippen molar-refractivity contribution in [2.45, 2.75) is 40.0 Å². The second-order valence-corrected chi connectivity index (χ2v) is 6.11. The topological polar surface area (TPSA) is 64.9 Å². The molecular formula is C15H23N3O. The molecule has 1 atom stereocenters. The summed E-state index contributed by atoms with van der Waals surface area (Å²) in [6.07, 6.45) is 4.68. The maximum Gasteiger partial charge on any atom is 0.198 e. The van der Waals surface area contributed by atoms with E-state index in [9.17, 15) is 0 Å². The first kappa shape index (κ1) is 14.0. The van der Waals surface area contributed by atoms with Crippen molar-refractivity contribution in [1.29, 1.82) is 0 Å². The average molecular weight is 261 g/mol. The number of nitrogens with two attached hydrogens (primary N) is 1. The zero-order chi connectivity index (χ0) is 13.9. The summed E-state index contributed by atoms with van der Waals surface area (Å²) in [4.78, 5) is 8.61. The molecule has 1 unspecified atom stereocenters. The van der Waals surface area contributed by atoms with Gasteiger partial charge in [0, 0.05) is 12.6 Å². The van der Waals surface area contributed by atoms with E-state index in [0.717, 1.165) is 37.3 Å². The molecule has 19 heavy (non-hydrogen) atoms. The van der Waals surface area contributed by atoms with Gasteiger partial charge in [0.1, 0.15) is 0 Å². The van der Waals surface area contributed by atoms with E-state index >= 15 is 0 Å². The van der Waals surface area contributed by atoms with Crippen LogP contribution in [0.3, 0.4) is 0 Å². The van der Waals surface area contributed by atoms with Crippen molar-refractivity contribution >= 4 is 11.2 Å². The van der Waals surface area contributed by atoms with Crippen molar-refractivity contribution in [2.75, 3.05) is 6.54 Å². The zero-order valence-electron chi connectivity index (χ0n) is 12.0. The molecule has 0 aliphatic rings. The first-order chi connectivity index (χ1) is 9.00. The summed E-state index contributed by atoms with van der Waals surface area (Å²) in [5.74, 6) is 1.36. The standard InChI is InChI=1S/C15H23N3O/c1-15(2,3)11(8-9-16)6-7-13-18-14-12(19-13)5-4-10-17-14/h4-5,10-11H,6-9,16H2,1-3H3. The molecule has 0 amide bonds. The van der Waals surface area contributed by atoms with Gasteiger partial charge in [-0.1, -0.05) is 20.8 Å². The Balaban J connectivity index is 2.04. The van der Waals surface area contributed by atoms with Crippen molar-refractivity contribution in [1.82, 2.24) is 9.97 Å². The second kappa shape index (κ2) is 5.70. The van der Waals surface area contributed by atoms with E-state index in [4.69, 9.17) is 10.2 Å². The Morgan fingerprint density at radius 3 is 2.74 bits per heavy atom. The zero-order valence-corrected chi connectivity index (χ0v) is 12.0. The molecule has 2 aromatic heterocycles. The summed E-state index contributed by atoms with van der Waals surface area (Å²) in [5.41, 5.74) is 7.44. The molecule has 0 radical (unpaired) electrons. The fraction of sp³-hybridized carbons (Fsp3) is 0.600. The lowest BCUT2D eigenvalue weighted by atomic mass is 9.76. The Kier molecular flexibility index (Phi) is 4.20. The number of rotatable bonds is 5. The molecule has 2 rings (SSSR count). The molecule has 2 heterocycles. The van der Waals surface area contributed by atoms with Crippen molar-refractivity contribution in [3.63, 3.8) is 0 Å². The molecule has 2 aromatic rings. The highest BCUT2D eigenvalue weighted by Gasteiger charge is 2.24. The molecule has 0 spiro atoms. The number of nitrogens with zero attached hydrogens (tertiary/aromatic N) is 2. The molecule has 104 valence electrons. The Morgan fingerprint density at radius 1 is 1.32 bits per heavy atom. The molecule has 0 saturated carbocycles. The number of aryl methyl sites for hydroxylation is 1. The Bertz CT molecular complexity index is 494. The summed E-state index contributed by atoms with van der Waals surface area (Å²) in [5, 5.41) is 0. The molecule has 4 heteroatoms. The average Bonchev–Trinajstić information content (AvgIpc) is 2.75. The Morgan fingerprint density at radius 2 is 2.11 bits per heavy atom. The number of hydrogen-bond acceptors (Lipinski definition) is 4. The maximum atomic E-state index is 5.71. The number of oxazole rings is 1. The molecule has 0 saturated heterocycles. The SMILES string of the molecule is CC(C)(C)C(CCN)CCc1nc2ncccc2o1. The van der Waals surface area contributed by atoms with Crippen LogP contribution < -0.4 is 5.73 Å². The van der Waals surface area contributed by atoms with Gasteiger partial charge in [0.25, 0.3) is 0 Å². The molecule has 0 fully saturated rings.